The summed E-state index contributed by atoms with van der Waals surface area (Å²) in [6, 6.07) is 12.3. The van der Waals surface area contributed by atoms with Crippen molar-refractivity contribution in [3.63, 3.8) is 0 Å². The maximum atomic E-state index is 14.0. The van der Waals surface area contributed by atoms with Gasteiger partial charge < -0.3 is 14.4 Å². The summed E-state index contributed by atoms with van der Waals surface area (Å²) in [4.78, 5) is 11.4. The fourth-order valence-electron chi connectivity index (χ4n) is 3.64. The molecule has 1 N–H and O–H groups in total. The summed E-state index contributed by atoms with van der Waals surface area (Å²) >= 11 is 0. The van der Waals surface area contributed by atoms with Crippen LogP contribution in [0.25, 0.3) is 10.9 Å². The average Bonchev–Trinajstić information content (AvgIpc) is 3.16. The van der Waals surface area contributed by atoms with Crippen molar-refractivity contribution < 1.29 is 36.6 Å². The van der Waals surface area contributed by atoms with E-state index in [1.807, 2.05) is 0 Å². The summed E-state index contributed by atoms with van der Waals surface area (Å²) in [5.41, 5.74) is -0.384. The largest absolute Gasteiger partial charge is 0.489 e. The van der Waals surface area contributed by atoms with E-state index in [2.05, 4.69) is 0 Å². The highest BCUT2D eigenvalue weighted by Gasteiger charge is 2.34. The molecule has 0 aliphatic carbocycles. The van der Waals surface area contributed by atoms with Crippen molar-refractivity contribution in [2.45, 2.75) is 19.3 Å². The van der Waals surface area contributed by atoms with E-state index in [1.165, 1.54) is 18.2 Å². The molecule has 0 fully saturated rings. The number of ether oxygens (including phenoxy) is 1. The molecule has 4 nitrogen and oxygen atoms in total. The average molecular weight is 461 g/mol. The van der Waals surface area contributed by atoms with E-state index in [-0.39, 0.29) is 23.4 Å². The number of fused-ring (bicyclic) bond motifs is 1. The molecule has 0 saturated carbocycles. The molecule has 0 aliphatic rings. The molecule has 0 amide bonds. The second-order valence-corrected chi connectivity index (χ2v) is 7.33. The van der Waals surface area contributed by atoms with Gasteiger partial charge in [0.05, 0.1) is 17.7 Å². The van der Waals surface area contributed by atoms with Gasteiger partial charge in [-0.2, -0.15) is 13.2 Å². The Hall–Kier alpha value is -3.88. The Bertz CT molecular complexity index is 1340. The highest BCUT2D eigenvalue weighted by Crippen LogP contribution is 2.33. The van der Waals surface area contributed by atoms with Gasteiger partial charge in [0.15, 0.2) is 0 Å². The van der Waals surface area contributed by atoms with Crippen LogP contribution in [0.2, 0.25) is 0 Å². The predicted octanol–water partition coefficient (Wildman–Crippen LogP) is 6.26. The van der Waals surface area contributed by atoms with Crippen LogP contribution in [0.1, 0.15) is 27.0 Å². The van der Waals surface area contributed by atoms with E-state index in [4.69, 9.17) is 4.74 Å². The third kappa shape index (κ3) is 4.67. The highest BCUT2D eigenvalue weighted by atomic mass is 19.4. The zero-order chi connectivity index (χ0) is 23.8. The van der Waals surface area contributed by atoms with E-state index in [0.29, 0.717) is 22.5 Å². The van der Waals surface area contributed by atoms with Crippen molar-refractivity contribution in [2.24, 2.45) is 0 Å². The Morgan fingerprint density at radius 2 is 1.67 bits per heavy atom. The van der Waals surface area contributed by atoms with E-state index >= 15 is 0 Å². The first kappa shape index (κ1) is 22.3. The standard InChI is InChI=1S/C24H16F5NO3/c25-16-6-7-22(33-13-14-4-5-17(26)11-20(14)24(27,28)29)15(10-16)12-30-9-8-18-19(23(31)32)2-1-3-21(18)30/h1-11H,12-13H2,(H,31,32). The van der Waals surface area contributed by atoms with Gasteiger partial charge in [-0.1, -0.05) is 12.1 Å². The Kier molecular flexibility index (Phi) is 5.80. The first-order valence-corrected chi connectivity index (χ1v) is 9.71. The lowest BCUT2D eigenvalue weighted by Gasteiger charge is -2.16. The molecule has 33 heavy (non-hydrogen) atoms. The number of halogens is 5. The Morgan fingerprint density at radius 3 is 2.39 bits per heavy atom. The molecule has 9 heteroatoms. The molecule has 0 unspecified atom stereocenters. The normalized spacial score (nSPS) is 11.7. The lowest BCUT2D eigenvalue weighted by Crippen LogP contribution is -2.12. The van der Waals surface area contributed by atoms with Crippen LogP contribution in [0.5, 0.6) is 5.75 Å². The summed E-state index contributed by atoms with van der Waals surface area (Å²) in [5.74, 6) is -2.54. The first-order chi connectivity index (χ1) is 15.6. The summed E-state index contributed by atoms with van der Waals surface area (Å²) in [6.07, 6.45) is -3.13. The van der Waals surface area contributed by atoms with E-state index in [1.54, 1.807) is 29.0 Å². The van der Waals surface area contributed by atoms with Gasteiger partial charge in [0.2, 0.25) is 0 Å². The van der Waals surface area contributed by atoms with Crippen molar-refractivity contribution in [3.8, 4) is 5.75 Å². The molecule has 4 aromatic rings. The lowest BCUT2D eigenvalue weighted by molar-refractivity contribution is -0.138. The van der Waals surface area contributed by atoms with Crippen LogP contribution in [0.15, 0.2) is 66.9 Å². The minimum atomic E-state index is -4.77. The van der Waals surface area contributed by atoms with Crippen molar-refractivity contribution in [1.29, 1.82) is 0 Å². The smallest absolute Gasteiger partial charge is 0.416 e. The van der Waals surface area contributed by atoms with Gasteiger partial charge in [-0.05, 0) is 48.5 Å². The van der Waals surface area contributed by atoms with Gasteiger partial charge in [0, 0.05) is 28.2 Å². The quantitative estimate of drug-likeness (QED) is 0.345. The molecular weight excluding hydrogens is 445 g/mol. The first-order valence-electron chi connectivity index (χ1n) is 9.71. The number of rotatable bonds is 6. The SMILES string of the molecule is O=C(O)c1cccc2c1ccn2Cc1cc(F)ccc1OCc1ccc(F)cc1C(F)(F)F. The third-order valence-electron chi connectivity index (χ3n) is 5.17. The highest BCUT2D eigenvalue weighted by molar-refractivity contribution is 6.03. The summed E-state index contributed by atoms with van der Waals surface area (Å²) in [7, 11) is 0. The van der Waals surface area contributed by atoms with E-state index in [0.717, 1.165) is 18.2 Å². The molecule has 4 rings (SSSR count). The number of benzene rings is 3. The van der Waals surface area contributed by atoms with E-state index < -0.39 is 36.0 Å². The number of carbonyl (C=O) groups is 1. The summed E-state index contributed by atoms with van der Waals surface area (Å²) < 4.78 is 74.3. The zero-order valence-electron chi connectivity index (χ0n) is 16.9. The number of nitrogens with zero attached hydrogens (tertiary/aromatic N) is 1. The molecule has 0 saturated heterocycles. The Labute approximate surface area is 184 Å². The molecule has 170 valence electrons. The number of hydrogen-bond donors (Lipinski definition) is 1. The number of aromatic nitrogens is 1. The van der Waals surface area contributed by atoms with Crippen LogP contribution < -0.4 is 4.74 Å². The molecule has 0 bridgehead atoms. The molecule has 0 aliphatic heterocycles. The number of hydrogen-bond acceptors (Lipinski definition) is 2. The van der Waals surface area contributed by atoms with Gasteiger partial charge in [0.25, 0.3) is 0 Å². The second kappa shape index (κ2) is 8.57. The zero-order valence-corrected chi connectivity index (χ0v) is 16.9. The maximum absolute atomic E-state index is 14.0. The van der Waals surface area contributed by atoms with Gasteiger partial charge in [-0.25, -0.2) is 13.6 Å². The third-order valence-corrected chi connectivity index (χ3v) is 5.17. The monoisotopic (exact) mass is 461 g/mol. The number of carboxylic acid groups (broad SMARTS) is 1. The predicted molar refractivity (Wildman–Crippen MR) is 110 cm³/mol. The van der Waals surface area contributed by atoms with Crippen molar-refractivity contribution in [2.75, 3.05) is 0 Å². The van der Waals surface area contributed by atoms with E-state index in [9.17, 15) is 31.9 Å². The van der Waals surface area contributed by atoms with Crippen LogP contribution in [0.4, 0.5) is 22.0 Å². The van der Waals surface area contributed by atoms with Crippen LogP contribution >= 0.6 is 0 Å². The molecule has 0 radical (unpaired) electrons. The molecule has 0 atom stereocenters. The van der Waals surface area contributed by atoms with Gasteiger partial charge in [-0.15, -0.1) is 0 Å². The Balaban J connectivity index is 1.65. The van der Waals surface area contributed by atoms with Crippen molar-refractivity contribution >= 4 is 16.9 Å². The molecule has 0 spiro atoms. The van der Waals surface area contributed by atoms with Crippen LogP contribution in [-0.4, -0.2) is 15.6 Å². The fraction of sp³-hybridized carbons (Fsp3) is 0.125. The maximum Gasteiger partial charge on any atom is 0.416 e. The van der Waals surface area contributed by atoms with Crippen LogP contribution in [0, 0.1) is 11.6 Å². The second-order valence-electron chi connectivity index (χ2n) is 7.33. The van der Waals surface area contributed by atoms with Crippen molar-refractivity contribution in [3.05, 3.63) is 101 Å². The summed E-state index contributed by atoms with van der Waals surface area (Å²) in [6.45, 7) is -0.432. The minimum Gasteiger partial charge on any atom is -0.489 e. The van der Waals surface area contributed by atoms with Gasteiger partial charge >= 0.3 is 12.1 Å². The van der Waals surface area contributed by atoms with Crippen molar-refractivity contribution in [1.82, 2.24) is 4.57 Å². The molecular formula is C24H16F5NO3. The number of carboxylic acids is 1. The van der Waals surface area contributed by atoms with Gasteiger partial charge in [-0.3, -0.25) is 0 Å². The van der Waals surface area contributed by atoms with Crippen LogP contribution in [-0.2, 0) is 19.3 Å². The number of aromatic carboxylic acids is 1. The van der Waals surface area contributed by atoms with Crippen LogP contribution in [0.3, 0.4) is 0 Å². The number of alkyl halides is 3. The fourth-order valence-corrected chi connectivity index (χ4v) is 3.64. The molecule has 3 aromatic carbocycles. The van der Waals surface area contributed by atoms with Gasteiger partial charge in [0.1, 0.15) is 24.0 Å². The lowest BCUT2D eigenvalue weighted by atomic mass is 10.1. The topological polar surface area (TPSA) is 51.5 Å². The Morgan fingerprint density at radius 1 is 0.939 bits per heavy atom. The minimum absolute atomic E-state index is 0.0786. The summed E-state index contributed by atoms with van der Waals surface area (Å²) in [5, 5.41) is 9.85. The molecule has 1 heterocycles. The molecule has 1 aromatic heterocycles.